The Morgan fingerprint density at radius 1 is 1.10 bits per heavy atom. The summed E-state index contributed by atoms with van der Waals surface area (Å²) in [5.74, 6) is 0.248. The Bertz CT molecular complexity index is 1230. The number of esters is 1. The Morgan fingerprint density at radius 3 is 2.66 bits per heavy atom. The van der Waals surface area contributed by atoms with Gasteiger partial charge in [-0.2, -0.15) is 5.10 Å². The van der Waals surface area contributed by atoms with Crippen LogP contribution in [0.5, 0.6) is 0 Å². The van der Waals surface area contributed by atoms with E-state index < -0.39 is 6.10 Å². The van der Waals surface area contributed by atoms with E-state index in [9.17, 15) is 4.79 Å². The predicted molar refractivity (Wildman–Crippen MR) is 113 cm³/mol. The number of aromatic amines is 1. The van der Waals surface area contributed by atoms with Gasteiger partial charge in [0.25, 0.3) is 0 Å². The molecular weight excluding hydrogens is 411 g/mol. The molecule has 1 unspecified atom stereocenters. The number of nitrogens with zero attached hydrogens (tertiary/aromatic N) is 3. The Morgan fingerprint density at radius 2 is 1.86 bits per heavy atom. The number of carbonyl (C=O) groups is 1. The molecule has 6 nitrogen and oxygen atoms in total. The lowest BCUT2D eigenvalue weighted by molar-refractivity contribution is 0.0455. The minimum atomic E-state index is -0.460. The number of aryl methyl sites for hydroxylation is 2. The maximum atomic E-state index is 12.1. The highest BCUT2D eigenvalue weighted by Gasteiger charge is 2.34. The van der Waals surface area contributed by atoms with Crippen molar-refractivity contribution in [2.75, 3.05) is 6.38 Å². The Labute approximate surface area is 177 Å². The fourth-order valence-electron chi connectivity index (χ4n) is 3.45. The van der Waals surface area contributed by atoms with Crippen molar-refractivity contribution < 1.29 is 9.53 Å². The highest BCUT2D eigenvalue weighted by atomic mass is 35.5. The third-order valence-electron chi connectivity index (χ3n) is 4.90. The molecule has 148 valence electrons. The van der Waals surface area contributed by atoms with E-state index in [1.807, 2.05) is 50.4 Å². The van der Waals surface area contributed by atoms with Gasteiger partial charge >= 0.3 is 5.97 Å². The highest BCUT2D eigenvalue weighted by molar-refractivity contribution is 6.35. The summed E-state index contributed by atoms with van der Waals surface area (Å²) in [4.78, 5) is 20.0. The summed E-state index contributed by atoms with van der Waals surface area (Å²) in [6, 6.07) is 11.3. The fraction of sp³-hybridized carbons (Fsp3) is 0.190. The van der Waals surface area contributed by atoms with Crippen LogP contribution in [0.4, 0.5) is 0 Å². The van der Waals surface area contributed by atoms with Crippen molar-refractivity contribution in [3.63, 3.8) is 0 Å². The molecule has 4 aromatic rings. The van der Waals surface area contributed by atoms with Gasteiger partial charge in [-0.05, 0) is 31.5 Å². The average molecular weight is 429 g/mol. The lowest BCUT2D eigenvalue weighted by Crippen LogP contribution is -2.01. The first-order valence-electron chi connectivity index (χ1n) is 8.92. The van der Waals surface area contributed by atoms with E-state index in [1.165, 1.54) is 6.38 Å². The summed E-state index contributed by atoms with van der Waals surface area (Å²) in [6.45, 7) is 3.83. The topological polar surface area (TPSA) is 72.8 Å². The molecule has 0 amide bonds. The number of hydrogen-bond acceptors (Lipinski definition) is 4. The first-order valence-corrected chi connectivity index (χ1v) is 10.1. The van der Waals surface area contributed by atoms with Crippen molar-refractivity contribution in [1.82, 2.24) is 19.7 Å². The number of fused-ring (bicyclic) bond motifs is 2. The Balaban J connectivity index is 0.000000994. The zero-order valence-corrected chi connectivity index (χ0v) is 17.5. The van der Waals surface area contributed by atoms with E-state index in [-0.39, 0.29) is 5.97 Å². The van der Waals surface area contributed by atoms with Crippen LogP contribution in [0.25, 0.3) is 17.0 Å². The maximum Gasteiger partial charge on any atom is 0.339 e. The van der Waals surface area contributed by atoms with Crippen LogP contribution in [-0.4, -0.2) is 32.1 Å². The first kappa shape index (κ1) is 19.5. The summed E-state index contributed by atoms with van der Waals surface area (Å²) in [5, 5.41) is 5.18. The molecular formula is C21H18Cl2N4O2. The van der Waals surface area contributed by atoms with E-state index in [0.29, 0.717) is 22.1 Å². The van der Waals surface area contributed by atoms with Crippen LogP contribution < -0.4 is 0 Å². The van der Waals surface area contributed by atoms with Crippen LogP contribution in [0, 0.1) is 13.8 Å². The molecule has 0 bridgehead atoms. The van der Waals surface area contributed by atoms with E-state index >= 15 is 0 Å². The molecule has 0 fully saturated rings. The molecule has 0 radical (unpaired) electrons. The average Bonchev–Trinajstić information content (AvgIpc) is 3.42. The number of H-pyrrole nitrogens is 1. The van der Waals surface area contributed by atoms with Gasteiger partial charge in [0.05, 0.1) is 21.8 Å². The van der Waals surface area contributed by atoms with Gasteiger partial charge < -0.3 is 9.72 Å². The normalized spacial score (nSPS) is 15.1. The lowest BCUT2D eigenvalue weighted by atomic mass is 10.0. The molecule has 5 rings (SSSR count). The van der Waals surface area contributed by atoms with Gasteiger partial charge in [-0.15, -0.1) is 11.6 Å². The van der Waals surface area contributed by atoms with Gasteiger partial charge in [0, 0.05) is 23.7 Å². The molecule has 2 aromatic heterocycles. The number of halogens is 2. The molecule has 0 saturated carbocycles. The number of aromatic nitrogens is 4. The Hall–Kier alpha value is -2.83. The third-order valence-corrected chi connectivity index (χ3v) is 5.37. The van der Waals surface area contributed by atoms with Gasteiger partial charge in [0.15, 0.2) is 6.10 Å². The van der Waals surface area contributed by atoms with E-state index in [0.717, 1.165) is 27.9 Å². The maximum absolute atomic E-state index is 12.1. The quantitative estimate of drug-likeness (QED) is 0.354. The first-order chi connectivity index (χ1) is 14.0. The molecule has 1 atom stereocenters. The standard InChI is InChI=1S/C20H15ClN4O2.CH3Cl/c1-10-7-8-15-17(16(10)21)23-20(22-15)25-9-14(11(2)24-25)18-12-5-3-4-6-13(12)19(26)27-18;1-2/h3-9,18H,1-2H3,(H,22,23);1H3. The highest BCUT2D eigenvalue weighted by Crippen LogP contribution is 2.37. The molecule has 1 aliphatic rings. The molecule has 2 aromatic carbocycles. The zero-order chi connectivity index (χ0) is 20.7. The summed E-state index contributed by atoms with van der Waals surface area (Å²) in [6.07, 6.45) is 2.85. The monoisotopic (exact) mass is 428 g/mol. The van der Waals surface area contributed by atoms with Crippen molar-refractivity contribution in [1.29, 1.82) is 0 Å². The van der Waals surface area contributed by atoms with Crippen molar-refractivity contribution >= 4 is 40.2 Å². The van der Waals surface area contributed by atoms with Crippen LogP contribution in [0.2, 0.25) is 5.02 Å². The lowest BCUT2D eigenvalue weighted by Gasteiger charge is -2.08. The minimum Gasteiger partial charge on any atom is -0.449 e. The van der Waals surface area contributed by atoms with Crippen LogP contribution in [-0.2, 0) is 4.74 Å². The number of cyclic esters (lactones) is 1. The van der Waals surface area contributed by atoms with Crippen LogP contribution in [0.15, 0.2) is 42.6 Å². The van der Waals surface area contributed by atoms with Crippen LogP contribution in [0.1, 0.15) is 38.8 Å². The third kappa shape index (κ3) is 3.18. The number of nitrogens with one attached hydrogen (secondary N) is 1. The predicted octanol–water partition coefficient (Wildman–Crippen LogP) is 5.13. The van der Waals surface area contributed by atoms with Gasteiger partial charge in [-0.3, -0.25) is 0 Å². The van der Waals surface area contributed by atoms with Gasteiger partial charge in [0.2, 0.25) is 5.95 Å². The van der Waals surface area contributed by atoms with Gasteiger partial charge in [-0.25, -0.2) is 14.5 Å². The summed E-state index contributed by atoms with van der Waals surface area (Å²) >= 11 is 11.0. The fourth-order valence-corrected chi connectivity index (χ4v) is 3.66. The second-order valence-electron chi connectivity index (χ2n) is 6.64. The van der Waals surface area contributed by atoms with E-state index in [4.69, 9.17) is 16.3 Å². The number of alkyl halides is 1. The Kier molecular flexibility index (Phi) is 5.06. The molecule has 0 aliphatic carbocycles. The zero-order valence-electron chi connectivity index (χ0n) is 16.0. The van der Waals surface area contributed by atoms with E-state index in [1.54, 1.807) is 10.7 Å². The molecule has 0 saturated heterocycles. The number of rotatable bonds is 2. The van der Waals surface area contributed by atoms with Crippen molar-refractivity contribution in [3.8, 4) is 5.95 Å². The van der Waals surface area contributed by atoms with Crippen LogP contribution in [0.3, 0.4) is 0 Å². The molecule has 29 heavy (non-hydrogen) atoms. The number of benzene rings is 2. The van der Waals surface area contributed by atoms with E-state index in [2.05, 4.69) is 26.7 Å². The number of hydrogen-bond donors (Lipinski definition) is 1. The molecule has 3 heterocycles. The number of ether oxygens (including phenoxy) is 1. The smallest absolute Gasteiger partial charge is 0.339 e. The SMILES string of the molecule is CCl.Cc1ccc2[nH]c(-n3cc(C4OC(=O)c5ccccc54)c(C)n3)nc2c1Cl. The second-order valence-corrected chi connectivity index (χ2v) is 7.02. The molecule has 8 heteroatoms. The van der Waals surface area contributed by atoms with Crippen molar-refractivity contribution in [3.05, 3.63) is 75.6 Å². The molecule has 1 N–H and O–H groups in total. The summed E-state index contributed by atoms with van der Waals surface area (Å²) < 4.78 is 7.26. The van der Waals surface area contributed by atoms with Crippen LogP contribution >= 0.6 is 23.2 Å². The second kappa shape index (κ2) is 7.54. The number of carbonyl (C=O) groups excluding carboxylic acids is 1. The number of imidazole rings is 1. The summed E-state index contributed by atoms with van der Waals surface area (Å²) in [7, 11) is 0. The van der Waals surface area contributed by atoms with Crippen molar-refractivity contribution in [2.45, 2.75) is 20.0 Å². The summed E-state index contributed by atoms with van der Waals surface area (Å²) in [5.41, 5.74) is 5.57. The minimum absolute atomic E-state index is 0.311. The van der Waals surface area contributed by atoms with Crippen molar-refractivity contribution in [2.24, 2.45) is 0 Å². The van der Waals surface area contributed by atoms with Gasteiger partial charge in [-0.1, -0.05) is 35.9 Å². The van der Waals surface area contributed by atoms with Gasteiger partial charge in [0.1, 0.15) is 5.52 Å². The molecule has 0 spiro atoms. The largest absolute Gasteiger partial charge is 0.449 e. The molecule has 1 aliphatic heterocycles.